The summed E-state index contributed by atoms with van der Waals surface area (Å²) in [4.78, 5) is 4.91. The molecule has 20 heavy (non-hydrogen) atoms. The Kier molecular flexibility index (Phi) is 5.91. The normalized spacial score (nSPS) is 11.8. The summed E-state index contributed by atoms with van der Waals surface area (Å²) >= 11 is 0. The van der Waals surface area contributed by atoms with Gasteiger partial charge in [0.05, 0.1) is 0 Å². The average Bonchev–Trinajstić information content (AvgIpc) is 2.29. The van der Waals surface area contributed by atoms with Gasteiger partial charge in [-0.25, -0.2) is 0 Å². The molecule has 0 atom stereocenters. The Morgan fingerprint density at radius 1 is 0.500 bits per heavy atom. The van der Waals surface area contributed by atoms with Crippen LogP contribution in [-0.4, -0.2) is 24.2 Å². The van der Waals surface area contributed by atoms with Crippen LogP contribution in [0.4, 0.5) is 11.4 Å². The number of rotatable bonds is 6. The molecule has 0 bridgehead atoms. The summed E-state index contributed by atoms with van der Waals surface area (Å²) in [5.74, 6) is 0. The first-order chi connectivity index (χ1) is 9.25. The number of nitrogens with zero attached hydrogens (tertiary/aromatic N) is 2. The molecule has 0 aliphatic rings. The SMILES string of the molecule is CC(C)N(c1ccc(N(C(C)C)C(C)C)cc1)C(C)C. The Labute approximate surface area is 125 Å². The zero-order valence-electron chi connectivity index (χ0n) is 14.5. The van der Waals surface area contributed by atoms with Crippen LogP contribution in [-0.2, 0) is 0 Å². The van der Waals surface area contributed by atoms with Crippen LogP contribution < -0.4 is 9.80 Å². The van der Waals surface area contributed by atoms with E-state index in [1.807, 2.05) is 0 Å². The molecule has 0 unspecified atom stereocenters. The van der Waals surface area contributed by atoms with Crippen molar-refractivity contribution in [2.45, 2.75) is 79.6 Å². The minimum absolute atomic E-state index is 0.521. The molecule has 0 saturated heterocycles. The van der Waals surface area contributed by atoms with Gasteiger partial charge in [0.15, 0.2) is 0 Å². The lowest BCUT2D eigenvalue weighted by Crippen LogP contribution is -2.38. The number of anilines is 2. The van der Waals surface area contributed by atoms with Gasteiger partial charge >= 0.3 is 0 Å². The third-order valence-electron chi connectivity index (χ3n) is 3.67. The molecule has 1 aromatic rings. The van der Waals surface area contributed by atoms with E-state index in [1.54, 1.807) is 0 Å². The fraction of sp³-hybridized carbons (Fsp3) is 0.667. The summed E-state index contributed by atoms with van der Waals surface area (Å²) in [6.07, 6.45) is 0. The molecule has 2 heteroatoms. The Morgan fingerprint density at radius 3 is 0.850 bits per heavy atom. The lowest BCUT2D eigenvalue weighted by atomic mass is 10.1. The maximum Gasteiger partial charge on any atom is 0.0372 e. The molecule has 0 fully saturated rings. The summed E-state index contributed by atoms with van der Waals surface area (Å²) in [6, 6.07) is 11.1. The van der Waals surface area contributed by atoms with E-state index in [4.69, 9.17) is 0 Å². The summed E-state index contributed by atoms with van der Waals surface area (Å²) in [5.41, 5.74) is 2.62. The maximum atomic E-state index is 2.46. The lowest BCUT2D eigenvalue weighted by molar-refractivity contribution is 0.603. The highest BCUT2D eigenvalue weighted by atomic mass is 15.2. The van der Waals surface area contributed by atoms with Crippen LogP contribution in [0.25, 0.3) is 0 Å². The third-order valence-corrected chi connectivity index (χ3v) is 3.67. The van der Waals surface area contributed by atoms with Crippen molar-refractivity contribution in [1.29, 1.82) is 0 Å². The van der Waals surface area contributed by atoms with Crippen molar-refractivity contribution in [3.8, 4) is 0 Å². The molecular formula is C18H32N2. The number of hydrogen-bond donors (Lipinski definition) is 0. The van der Waals surface area contributed by atoms with E-state index in [0.717, 1.165) is 0 Å². The number of benzene rings is 1. The highest BCUT2D eigenvalue weighted by Crippen LogP contribution is 2.26. The Bertz CT molecular complexity index is 335. The Morgan fingerprint density at radius 2 is 0.700 bits per heavy atom. The van der Waals surface area contributed by atoms with Gasteiger partial charge in [-0.3, -0.25) is 0 Å². The van der Waals surface area contributed by atoms with Crippen LogP contribution in [0.5, 0.6) is 0 Å². The van der Waals surface area contributed by atoms with Crippen LogP contribution >= 0.6 is 0 Å². The monoisotopic (exact) mass is 276 g/mol. The molecule has 114 valence electrons. The first kappa shape index (κ1) is 16.9. The van der Waals surface area contributed by atoms with Crippen LogP contribution in [0.15, 0.2) is 24.3 Å². The average molecular weight is 276 g/mol. The Hall–Kier alpha value is -1.18. The minimum atomic E-state index is 0.521. The topological polar surface area (TPSA) is 6.48 Å². The molecule has 0 heterocycles. The summed E-state index contributed by atoms with van der Waals surface area (Å²) < 4.78 is 0. The van der Waals surface area contributed by atoms with Gasteiger partial charge < -0.3 is 9.80 Å². The van der Waals surface area contributed by atoms with Crippen molar-refractivity contribution < 1.29 is 0 Å². The van der Waals surface area contributed by atoms with E-state index in [9.17, 15) is 0 Å². The summed E-state index contributed by atoms with van der Waals surface area (Å²) in [6.45, 7) is 18.0. The molecule has 0 radical (unpaired) electrons. The van der Waals surface area contributed by atoms with Gasteiger partial charge in [0.2, 0.25) is 0 Å². The lowest BCUT2D eigenvalue weighted by Gasteiger charge is -2.35. The molecular weight excluding hydrogens is 244 g/mol. The predicted octanol–water partition coefficient (Wildman–Crippen LogP) is 4.93. The standard InChI is InChI=1S/C18H32N2/c1-13(2)19(14(3)4)17-9-11-18(12-10-17)20(15(5)6)16(7)8/h9-16H,1-8H3. The van der Waals surface area contributed by atoms with Gasteiger partial charge in [0, 0.05) is 35.5 Å². The van der Waals surface area contributed by atoms with Crippen molar-refractivity contribution in [1.82, 2.24) is 0 Å². The van der Waals surface area contributed by atoms with Crippen LogP contribution in [0.1, 0.15) is 55.4 Å². The quantitative estimate of drug-likeness (QED) is 0.726. The second-order valence-corrected chi connectivity index (χ2v) is 6.71. The van der Waals surface area contributed by atoms with E-state index in [-0.39, 0.29) is 0 Å². The van der Waals surface area contributed by atoms with Gasteiger partial charge in [0.1, 0.15) is 0 Å². The van der Waals surface area contributed by atoms with E-state index in [0.29, 0.717) is 24.2 Å². The predicted molar refractivity (Wildman–Crippen MR) is 91.9 cm³/mol. The molecule has 0 aromatic heterocycles. The second-order valence-electron chi connectivity index (χ2n) is 6.71. The van der Waals surface area contributed by atoms with Crippen molar-refractivity contribution >= 4 is 11.4 Å². The molecule has 0 N–H and O–H groups in total. The second kappa shape index (κ2) is 7.01. The van der Waals surface area contributed by atoms with Gasteiger partial charge in [0.25, 0.3) is 0 Å². The van der Waals surface area contributed by atoms with Gasteiger partial charge in [-0.15, -0.1) is 0 Å². The zero-order chi connectivity index (χ0) is 15.4. The first-order valence-electron chi connectivity index (χ1n) is 7.92. The van der Waals surface area contributed by atoms with Crippen molar-refractivity contribution in [3.63, 3.8) is 0 Å². The molecule has 0 saturated carbocycles. The largest absolute Gasteiger partial charge is 0.367 e. The van der Waals surface area contributed by atoms with E-state index >= 15 is 0 Å². The van der Waals surface area contributed by atoms with Crippen LogP contribution in [0, 0.1) is 0 Å². The molecule has 2 nitrogen and oxygen atoms in total. The van der Waals surface area contributed by atoms with Gasteiger partial charge in [-0.05, 0) is 79.7 Å². The molecule has 0 amide bonds. The van der Waals surface area contributed by atoms with Crippen molar-refractivity contribution in [3.05, 3.63) is 24.3 Å². The van der Waals surface area contributed by atoms with Crippen LogP contribution in [0.2, 0.25) is 0 Å². The highest BCUT2D eigenvalue weighted by molar-refractivity contribution is 5.57. The summed E-state index contributed by atoms with van der Waals surface area (Å²) in [5, 5.41) is 0. The fourth-order valence-electron chi connectivity index (χ4n) is 3.18. The summed E-state index contributed by atoms with van der Waals surface area (Å²) in [7, 11) is 0. The number of hydrogen-bond acceptors (Lipinski definition) is 2. The highest BCUT2D eigenvalue weighted by Gasteiger charge is 2.17. The maximum absolute atomic E-state index is 2.46. The fourth-order valence-corrected chi connectivity index (χ4v) is 3.18. The smallest absolute Gasteiger partial charge is 0.0372 e. The third kappa shape index (κ3) is 3.91. The molecule has 1 aromatic carbocycles. The molecule has 0 aliphatic carbocycles. The Balaban J connectivity index is 3.03. The van der Waals surface area contributed by atoms with Gasteiger partial charge in [-0.2, -0.15) is 0 Å². The minimum Gasteiger partial charge on any atom is -0.367 e. The van der Waals surface area contributed by atoms with Crippen molar-refractivity contribution in [2.24, 2.45) is 0 Å². The molecule has 0 spiro atoms. The van der Waals surface area contributed by atoms with E-state index < -0.39 is 0 Å². The van der Waals surface area contributed by atoms with E-state index in [1.165, 1.54) is 11.4 Å². The van der Waals surface area contributed by atoms with E-state index in [2.05, 4.69) is 89.5 Å². The first-order valence-corrected chi connectivity index (χ1v) is 7.92. The molecule has 0 aliphatic heterocycles. The zero-order valence-corrected chi connectivity index (χ0v) is 14.5. The molecule has 1 rings (SSSR count). The van der Waals surface area contributed by atoms with Crippen molar-refractivity contribution in [2.75, 3.05) is 9.80 Å². The van der Waals surface area contributed by atoms with Gasteiger partial charge in [-0.1, -0.05) is 0 Å². The van der Waals surface area contributed by atoms with Crippen LogP contribution in [0.3, 0.4) is 0 Å².